The van der Waals surface area contributed by atoms with Crippen molar-refractivity contribution in [1.29, 1.82) is 0 Å². The minimum Gasteiger partial charge on any atom is -0.355 e. The molecule has 94 valence electrons. The van der Waals surface area contributed by atoms with Crippen LogP contribution in [-0.2, 0) is 4.79 Å². The van der Waals surface area contributed by atoms with Crippen LogP contribution in [0.15, 0.2) is 0 Å². The van der Waals surface area contributed by atoms with Gasteiger partial charge in [0.1, 0.15) is 0 Å². The van der Waals surface area contributed by atoms with Crippen molar-refractivity contribution in [3.05, 3.63) is 0 Å². The molecule has 1 saturated carbocycles. The van der Waals surface area contributed by atoms with E-state index in [4.69, 9.17) is 0 Å². The molecule has 0 bridgehead atoms. The summed E-state index contributed by atoms with van der Waals surface area (Å²) in [6, 6.07) is 0.447. The third kappa shape index (κ3) is 4.12. The SMILES string of the molecule is CCCNC(=O)C(C)NC1CCC(C)(C)C1. The highest BCUT2D eigenvalue weighted by molar-refractivity contribution is 5.81. The third-order valence-corrected chi connectivity index (χ3v) is 3.40. The van der Waals surface area contributed by atoms with Crippen molar-refractivity contribution in [3.8, 4) is 0 Å². The zero-order valence-electron chi connectivity index (χ0n) is 11.1. The van der Waals surface area contributed by atoms with E-state index >= 15 is 0 Å². The first-order chi connectivity index (χ1) is 7.44. The monoisotopic (exact) mass is 226 g/mol. The first kappa shape index (κ1) is 13.5. The second-order valence-corrected chi connectivity index (χ2v) is 5.78. The first-order valence-corrected chi connectivity index (χ1v) is 6.48. The topological polar surface area (TPSA) is 41.1 Å². The summed E-state index contributed by atoms with van der Waals surface area (Å²) < 4.78 is 0. The van der Waals surface area contributed by atoms with Crippen LogP contribution in [0.2, 0.25) is 0 Å². The Labute approximate surface area is 99.4 Å². The van der Waals surface area contributed by atoms with Gasteiger partial charge in [-0.15, -0.1) is 0 Å². The van der Waals surface area contributed by atoms with E-state index in [1.807, 2.05) is 6.92 Å². The predicted molar refractivity (Wildman–Crippen MR) is 67.3 cm³/mol. The molecule has 16 heavy (non-hydrogen) atoms. The van der Waals surface area contributed by atoms with Crippen LogP contribution in [0.5, 0.6) is 0 Å². The maximum Gasteiger partial charge on any atom is 0.236 e. The summed E-state index contributed by atoms with van der Waals surface area (Å²) in [5.41, 5.74) is 0.442. The van der Waals surface area contributed by atoms with Gasteiger partial charge in [-0.05, 0) is 38.0 Å². The summed E-state index contributed by atoms with van der Waals surface area (Å²) in [7, 11) is 0. The molecule has 1 amide bonds. The molecule has 1 fully saturated rings. The van der Waals surface area contributed by atoms with Crippen LogP contribution < -0.4 is 10.6 Å². The summed E-state index contributed by atoms with van der Waals surface area (Å²) in [6.45, 7) is 9.40. The lowest BCUT2D eigenvalue weighted by molar-refractivity contribution is -0.122. The fourth-order valence-corrected chi connectivity index (χ4v) is 2.41. The van der Waals surface area contributed by atoms with E-state index in [1.54, 1.807) is 0 Å². The molecule has 2 N–H and O–H groups in total. The minimum atomic E-state index is -0.0644. The first-order valence-electron chi connectivity index (χ1n) is 6.48. The lowest BCUT2D eigenvalue weighted by Crippen LogP contribution is -2.46. The Balaban J connectivity index is 2.29. The van der Waals surface area contributed by atoms with Gasteiger partial charge in [0.2, 0.25) is 5.91 Å². The Morgan fingerprint density at radius 3 is 2.69 bits per heavy atom. The Kier molecular flexibility index (Phi) is 4.78. The van der Waals surface area contributed by atoms with E-state index < -0.39 is 0 Å². The molecule has 2 atom stereocenters. The highest BCUT2D eigenvalue weighted by Gasteiger charge is 2.32. The molecule has 0 aromatic carbocycles. The van der Waals surface area contributed by atoms with Crippen molar-refractivity contribution in [2.75, 3.05) is 6.54 Å². The average Bonchev–Trinajstić information content (AvgIpc) is 2.54. The van der Waals surface area contributed by atoms with Crippen molar-refractivity contribution in [1.82, 2.24) is 10.6 Å². The number of amides is 1. The summed E-state index contributed by atoms with van der Waals surface area (Å²) in [6.07, 6.45) is 4.62. The highest BCUT2D eigenvalue weighted by Crippen LogP contribution is 2.36. The summed E-state index contributed by atoms with van der Waals surface area (Å²) >= 11 is 0. The quantitative estimate of drug-likeness (QED) is 0.753. The second-order valence-electron chi connectivity index (χ2n) is 5.78. The summed E-state index contributed by atoms with van der Waals surface area (Å²) in [4.78, 5) is 11.7. The van der Waals surface area contributed by atoms with Crippen LogP contribution in [0, 0.1) is 5.41 Å². The third-order valence-electron chi connectivity index (χ3n) is 3.40. The van der Waals surface area contributed by atoms with Crippen LogP contribution in [0.1, 0.15) is 53.4 Å². The molecule has 0 radical (unpaired) electrons. The molecule has 2 unspecified atom stereocenters. The van der Waals surface area contributed by atoms with Gasteiger partial charge in [-0.3, -0.25) is 4.79 Å². The predicted octanol–water partition coefficient (Wildman–Crippen LogP) is 2.07. The number of carbonyl (C=O) groups is 1. The summed E-state index contributed by atoms with van der Waals surface area (Å²) in [5, 5.41) is 6.36. The Bertz CT molecular complexity index is 238. The van der Waals surface area contributed by atoms with Gasteiger partial charge in [0.05, 0.1) is 6.04 Å². The minimum absolute atomic E-state index is 0.0644. The zero-order valence-corrected chi connectivity index (χ0v) is 11.1. The maximum absolute atomic E-state index is 11.7. The van der Waals surface area contributed by atoms with Gasteiger partial charge in [-0.25, -0.2) is 0 Å². The summed E-state index contributed by atoms with van der Waals surface area (Å²) in [5.74, 6) is 0.131. The van der Waals surface area contributed by atoms with Gasteiger partial charge in [0.15, 0.2) is 0 Å². The number of hydrogen-bond acceptors (Lipinski definition) is 2. The van der Waals surface area contributed by atoms with Crippen molar-refractivity contribution in [2.45, 2.75) is 65.5 Å². The molecule has 0 aromatic rings. The number of nitrogens with one attached hydrogen (secondary N) is 2. The van der Waals surface area contributed by atoms with Crippen molar-refractivity contribution in [3.63, 3.8) is 0 Å². The fourth-order valence-electron chi connectivity index (χ4n) is 2.41. The Morgan fingerprint density at radius 1 is 1.50 bits per heavy atom. The molecule has 0 spiro atoms. The van der Waals surface area contributed by atoms with Gasteiger partial charge in [-0.2, -0.15) is 0 Å². The fraction of sp³-hybridized carbons (Fsp3) is 0.923. The molecular weight excluding hydrogens is 200 g/mol. The van der Waals surface area contributed by atoms with E-state index in [1.165, 1.54) is 19.3 Å². The zero-order chi connectivity index (χ0) is 12.2. The van der Waals surface area contributed by atoms with E-state index in [0.717, 1.165) is 13.0 Å². The van der Waals surface area contributed by atoms with Gasteiger partial charge >= 0.3 is 0 Å². The molecule has 0 heterocycles. The molecule has 3 nitrogen and oxygen atoms in total. The normalized spacial score (nSPS) is 25.4. The van der Waals surface area contributed by atoms with Gasteiger partial charge in [0.25, 0.3) is 0 Å². The molecule has 1 aliphatic rings. The van der Waals surface area contributed by atoms with Gasteiger partial charge < -0.3 is 10.6 Å². The van der Waals surface area contributed by atoms with E-state index in [0.29, 0.717) is 11.5 Å². The van der Waals surface area contributed by atoms with E-state index in [2.05, 4.69) is 31.4 Å². The molecular formula is C13H26N2O. The van der Waals surface area contributed by atoms with Crippen LogP contribution >= 0.6 is 0 Å². The maximum atomic E-state index is 11.7. The highest BCUT2D eigenvalue weighted by atomic mass is 16.2. The Morgan fingerprint density at radius 2 is 2.19 bits per heavy atom. The van der Waals surface area contributed by atoms with Crippen LogP contribution in [0.4, 0.5) is 0 Å². The van der Waals surface area contributed by atoms with E-state index in [9.17, 15) is 4.79 Å². The lowest BCUT2D eigenvalue weighted by atomic mass is 9.92. The number of carbonyl (C=O) groups excluding carboxylic acids is 1. The van der Waals surface area contributed by atoms with E-state index in [-0.39, 0.29) is 11.9 Å². The number of hydrogen-bond donors (Lipinski definition) is 2. The standard InChI is InChI=1S/C13H26N2O/c1-5-8-14-12(16)10(2)15-11-6-7-13(3,4)9-11/h10-11,15H,5-9H2,1-4H3,(H,14,16). The lowest BCUT2D eigenvalue weighted by Gasteiger charge is -2.21. The molecule has 0 aromatic heterocycles. The molecule has 3 heteroatoms. The molecule has 1 aliphatic carbocycles. The van der Waals surface area contributed by atoms with Crippen LogP contribution in [0.25, 0.3) is 0 Å². The van der Waals surface area contributed by atoms with Crippen molar-refractivity contribution < 1.29 is 4.79 Å². The van der Waals surface area contributed by atoms with Crippen molar-refractivity contribution in [2.24, 2.45) is 5.41 Å². The molecule has 1 rings (SSSR count). The smallest absolute Gasteiger partial charge is 0.236 e. The van der Waals surface area contributed by atoms with Gasteiger partial charge in [-0.1, -0.05) is 20.8 Å². The van der Waals surface area contributed by atoms with Crippen LogP contribution in [0.3, 0.4) is 0 Å². The average molecular weight is 226 g/mol. The molecule has 0 aliphatic heterocycles. The van der Waals surface area contributed by atoms with Crippen LogP contribution in [-0.4, -0.2) is 24.5 Å². The number of rotatable bonds is 5. The molecule has 0 saturated heterocycles. The largest absolute Gasteiger partial charge is 0.355 e. The Hall–Kier alpha value is -0.570. The van der Waals surface area contributed by atoms with Crippen molar-refractivity contribution >= 4 is 5.91 Å². The van der Waals surface area contributed by atoms with Gasteiger partial charge in [0, 0.05) is 12.6 Å². The second kappa shape index (κ2) is 5.67.